The topological polar surface area (TPSA) is 121 Å². The summed E-state index contributed by atoms with van der Waals surface area (Å²) < 4.78 is 54.9. The van der Waals surface area contributed by atoms with Gasteiger partial charge in [0.15, 0.2) is 5.82 Å². The van der Waals surface area contributed by atoms with Crippen LogP contribution in [-0.2, 0) is 11.0 Å². The molecule has 0 atom stereocenters. The number of likely N-dealkylation sites (N-methyl/N-ethyl adjacent to an activating group) is 1. The number of rotatable bonds is 6. The Bertz CT molecular complexity index is 1720. The lowest BCUT2D eigenvalue weighted by atomic mass is 9.93. The van der Waals surface area contributed by atoms with Crippen LogP contribution >= 0.6 is 11.6 Å². The first-order valence-corrected chi connectivity index (χ1v) is 14.0. The summed E-state index contributed by atoms with van der Waals surface area (Å²) in [7, 11) is 3.71. The van der Waals surface area contributed by atoms with Crippen molar-refractivity contribution in [2.24, 2.45) is 0 Å². The zero-order chi connectivity index (χ0) is 31.8. The van der Waals surface area contributed by atoms with Crippen LogP contribution in [-0.4, -0.2) is 70.1 Å². The molecule has 10 nitrogen and oxygen atoms in total. The molecule has 0 unspecified atom stereocenters. The molecule has 1 saturated heterocycles. The molecule has 4 N–H and O–H groups in total. The highest BCUT2D eigenvalue weighted by Crippen LogP contribution is 2.38. The molecular formula is C29H29ClF4N8O2. The van der Waals surface area contributed by atoms with Crippen LogP contribution in [0.3, 0.4) is 0 Å². The summed E-state index contributed by atoms with van der Waals surface area (Å²) in [5, 5.41) is 9.08. The van der Waals surface area contributed by atoms with Crippen LogP contribution in [0.5, 0.6) is 0 Å². The number of fused-ring (bicyclic) bond motifs is 1. The molecule has 0 spiro atoms. The summed E-state index contributed by atoms with van der Waals surface area (Å²) in [4.78, 5) is 32.9. The number of benzene rings is 2. The van der Waals surface area contributed by atoms with E-state index < -0.39 is 29.3 Å². The summed E-state index contributed by atoms with van der Waals surface area (Å²) in [6.45, 7) is 1.57. The molecule has 232 valence electrons. The SMILES string of the molecule is CN(C)CC(=O)N1CCC(c2cc(-c3ccc(NC(=O)Nc4cc(C(F)(F)F)ccc4F)c(Cl)c3)c3c(N)ncnn23)CC1. The van der Waals surface area contributed by atoms with E-state index in [1.54, 1.807) is 16.6 Å². The van der Waals surface area contributed by atoms with Crippen molar-refractivity contribution in [3.05, 3.63) is 70.9 Å². The number of anilines is 3. The van der Waals surface area contributed by atoms with Crippen molar-refractivity contribution in [2.45, 2.75) is 24.9 Å². The Hall–Kier alpha value is -4.43. The lowest BCUT2D eigenvalue weighted by molar-refractivity contribution is -0.137. The maximum atomic E-state index is 14.1. The molecular weight excluding hydrogens is 604 g/mol. The molecule has 0 aliphatic carbocycles. The number of hydrogen-bond acceptors (Lipinski definition) is 6. The number of nitrogens with two attached hydrogens (primary N) is 1. The third-order valence-corrected chi connectivity index (χ3v) is 7.71. The van der Waals surface area contributed by atoms with Crippen LogP contribution in [0.15, 0.2) is 48.8 Å². The lowest BCUT2D eigenvalue weighted by Crippen LogP contribution is -2.42. The predicted octanol–water partition coefficient (Wildman–Crippen LogP) is 5.70. The minimum absolute atomic E-state index is 0.0812. The quantitative estimate of drug-likeness (QED) is 0.235. The normalized spacial score (nSPS) is 14.3. The van der Waals surface area contributed by atoms with E-state index in [0.29, 0.717) is 54.5 Å². The van der Waals surface area contributed by atoms with Crippen molar-refractivity contribution in [3.8, 4) is 11.1 Å². The fourth-order valence-corrected chi connectivity index (χ4v) is 5.48. The number of nitrogens with zero attached hydrogens (tertiary/aromatic N) is 5. The Labute approximate surface area is 254 Å². The van der Waals surface area contributed by atoms with Gasteiger partial charge in [-0.2, -0.15) is 18.3 Å². The van der Waals surface area contributed by atoms with Gasteiger partial charge in [0.25, 0.3) is 0 Å². The molecule has 4 aromatic rings. The Kier molecular flexibility index (Phi) is 8.66. The number of nitrogen functional groups attached to an aromatic ring is 1. The van der Waals surface area contributed by atoms with Gasteiger partial charge >= 0.3 is 12.2 Å². The number of hydrogen-bond donors (Lipinski definition) is 3. The molecule has 44 heavy (non-hydrogen) atoms. The monoisotopic (exact) mass is 632 g/mol. The fourth-order valence-electron chi connectivity index (χ4n) is 5.26. The molecule has 2 aromatic heterocycles. The van der Waals surface area contributed by atoms with Crippen LogP contribution < -0.4 is 16.4 Å². The number of urea groups is 1. The molecule has 5 rings (SSSR count). The summed E-state index contributed by atoms with van der Waals surface area (Å²) in [6, 6.07) is 7.48. The maximum Gasteiger partial charge on any atom is 0.416 e. The zero-order valence-corrected chi connectivity index (χ0v) is 24.5. The number of nitrogens with one attached hydrogen (secondary N) is 2. The number of halogens is 5. The Morgan fingerprint density at radius 2 is 1.77 bits per heavy atom. The van der Waals surface area contributed by atoms with Crippen molar-refractivity contribution in [2.75, 3.05) is 50.1 Å². The summed E-state index contributed by atoms with van der Waals surface area (Å²) in [5.41, 5.74) is 7.50. The van der Waals surface area contributed by atoms with E-state index in [-0.39, 0.29) is 28.4 Å². The second kappa shape index (κ2) is 12.3. The number of carbonyl (C=O) groups excluding carboxylic acids is 2. The first-order chi connectivity index (χ1) is 20.8. The zero-order valence-electron chi connectivity index (χ0n) is 23.8. The van der Waals surface area contributed by atoms with Gasteiger partial charge in [-0.3, -0.25) is 4.79 Å². The highest BCUT2D eigenvalue weighted by Gasteiger charge is 2.31. The molecule has 3 amide bonds. The highest BCUT2D eigenvalue weighted by molar-refractivity contribution is 6.34. The van der Waals surface area contributed by atoms with Gasteiger partial charge in [0.05, 0.1) is 28.5 Å². The predicted molar refractivity (Wildman–Crippen MR) is 159 cm³/mol. The highest BCUT2D eigenvalue weighted by atomic mass is 35.5. The van der Waals surface area contributed by atoms with Gasteiger partial charge in [0.2, 0.25) is 5.91 Å². The number of amides is 3. The first kappa shape index (κ1) is 31.0. The molecule has 2 aromatic carbocycles. The molecule has 1 aliphatic rings. The van der Waals surface area contributed by atoms with Crippen LogP contribution in [0.1, 0.15) is 30.0 Å². The van der Waals surface area contributed by atoms with E-state index >= 15 is 0 Å². The van der Waals surface area contributed by atoms with Crippen LogP contribution in [0.25, 0.3) is 16.6 Å². The van der Waals surface area contributed by atoms with Gasteiger partial charge in [0.1, 0.15) is 17.7 Å². The maximum absolute atomic E-state index is 14.1. The molecule has 0 radical (unpaired) electrons. The molecule has 15 heteroatoms. The van der Waals surface area contributed by atoms with Gasteiger partial charge in [-0.1, -0.05) is 17.7 Å². The third-order valence-electron chi connectivity index (χ3n) is 7.40. The number of alkyl halides is 3. The van der Waals surface area contributed by atoms with Crippen LogP contribution in [0.2, 0.25) is 5.02 Å². The lowest BCUT2D eigenvalue weighted by Gasteiger charge is -2.32. The van der Waals surface area contributed by atoms with E-state index in [9.17, 15) is 27.2 Å². The van der Waals surface area contributed by atoms with E-state index in [1.165, 1.54) is 12.4 Å². The minimum atomic E-state index is -4.71. The summed E-state index contributed by atoms with van der Waals surface area (Å²) in [6.07, 6.45) is -1.86. The number of aromatic nitrogens is 3. The summed E-state index contributed by atoms with van der Waals surface area (Å²) in [5.74, 6) is -0.597. The Balaban J connectivity index is 1.36. The van der Waals surface area contributed by atoms with Crippen molar-refractivity contribution in [1.29, 1.82) is 0 Å². The van der Waals surface area contributed by atoms with Gasteiger partial charge in [0, 0.05) is 30.3 Å². The molecule has 1 fully saturated rings. The Morgan fingerprint density at radius 1 is 1.07 bits per heavy atom. The van der Waals surface area contributed by atoms with Gasteiger partial charge in [-0.05, 0) is 68.9 Å². The second-order valence-electron chi connectivity index (χ2n) is 10.7. The Morgan fingerprint density at radius 3 is 2.43 bits per heavy atom. The van der Waals surface area contributed by atoms with E-state index in [0.717, 1.165) is 18.5 Å². The second-order valence-corrected chi connectivity index (χ2v) is 11.2. The van der Waals surface area contributed by atoms with Crippen LogP contribution in [0.4, 0.5) is 39.5 Å². The van der Waals surface area contributed by atoms with Crippen molar-refractivity contribution in [3.63, 3.8) is 0 Å². The average molecular weight is 633 g/mol. The van der Waals surface area contributed by atoms with E-state index in [2.05, 4.69) is 20.7 Å². The standard InChI is InChI=1S/C29H29ClF4N8O2/c1-40(2)14-25(43)41-9-7-16(8-10-41)24-13-19(26-27(35)36-15-37-42(24)26)17-3-6-22(20(30)11-17)38-28(44)39-23-12-18(29(32,33)34)4-5-21(23)31/h3-6,11-13,15-16H,7-10,14H2,1-2H3,(H2,35,36,37)(H2,38,39,44). The number of carbonyl (C=O) groups is 2. The molecule has 0 saturated carbocycles. The minimum Gasteiger partial charge on any atom is -0.382 e. The number of likely N-dealkylation sites (tertiary alicyclic amines) is 1. The average Bonchev–Trinajstić information content (AvgIpc) is 3.35. The fraction of sp³-hybridized carbons (Fsp3) is 0.310. The van der Waals surface area contributed by atoms with Crippen molar-refractivity contribution in [1.82, 2.24) is 24.4 Å². The number of piperidine rings is 1. The first-order valence-electron chi connectivity index (χ1n) is 13.6. The van der Waals surface area contributed by atoms with E-state index in [4.69, 9.17) is 17.3 Å². The van der Waals surface area contributed by atoms with Gasteiger partial charge in [-0.15, -0.1) is 0 Å². The smallest absolute Gasteiger partial charge is 0.382 e. The van der Waals surface area contributed by atoms with Crippen LogP contribution in [0, 0.1) is 5.82 Å². The van der Waals surface area contributed by atoms with Gasteiger partial charge < -0.3 is 26.2 Å². The van der Waals surface area contributed by atoms with E-state index in [1.807, 2.05) is 30.0 Å². The van der Waals surface area contributed by atoms with Gasteiger partial charge in [-0.25, -0.2) is 18.7 Å². The molecule has 3 heterocycles. The van der Waals surface area contributed by atoms with Crippen molar-refractivity contribution >= 4 is 46.2 Å². The third kappa shape index (κ3) is 6.55. The molecule has 1 aliphatic heterocycles. The largest absolute Gasteiger partial charge is 0.416 e. The summed E-state index contributed by atoms with van der Waals surface area (Å²) >= 11 is 6.50. The molecule has 0 bridgehead atoms. The van der Waals surface area contributed by atoms with Crippen molar-refractivity contribution < 1.29 is 27.2 Å².